The molecule has 5 rings (SSSR count). The molecular weight excluding hydrogens is 417 g/mol. The van der Waals surface area contributed by atoms with Crippen LogP contribution in [0.15, 0.2) is 79.0 Å². The van der Waals surface area contributed by atoms with Gasteiger partial charge in [0.2, 0.25) is 5.91 Å². The highest BCUT2D eigenvalue weighted by atomic mass is 19.1. The van der Waals surface area contributed by atoms with E-state index in [0.29, 0.717) is 25.2 Å². The largest absolute Gasteiger partial charge is 0.342 e. The number of carbonyl (C=O) groups excluding carboxylic acids is 2. The van der Waals surface area contributed by atoms with Gasteiger partial charge in [0, 0.05) is 55.0 Å². The summed E-state index contributed by atoms with van der Waals surface area (Å²) in [5.74, 6) is -0.0547. The van der Waals surface area contributed by atoms with E-state index in [1.54, 1.807) is 6.20 Å². The van der Waals surface area contributed by atoms with E-state index in [1.807, 2.05) is 70.5 Å². The molecule has 0 saturated carbocycles. The summed E-state index contributed by atoms with van der Waals surface area (Å²) in [6.45, 7) is 1.76. The van der Waals surface area contributed by atoms with E-state index in [9.17, 15) is 14.0 Å². The third-order valence-corrected chi connectivity index (χ3v) is 6.92. The standard InChI is InChI=1S/C27H26FN3O2/c28-21-11-9-19(10-12-21)23-18-31(27(33)20-6-2-1-3-7-20)25-13-15-30(17-24(23)25)26(32)16-22-8-4-5-14-29-22/h1-12,14,23-25H,13,15-18H2/t23-,24-,25-/m0/s1. The number of hydrogen-bond donors (Lipinski definition) is 0. The fourth-order valence-electron chi connectivity index (χ4n) is 5.27. The molecule has 3 heterocycles. The van der Waals surface area contributed by atoms with E-state index in [-0.39, 0.29) is 41.9 Å². The van der Waals surface area contributed by atoms with Crippen molar-refractivity contribution in [3.8, 4) is 0 Å². The number of benzene rings is 2. The molecule has 0 bridgehead atoms. The molecule has 2 aromatic carbocycles. The maximum absolute atomic E-state index is 13.6. The van der Waals surface area contributed by atoms with Crippen molar-refractivity contribution in [3.05, 3.63) is 102 Å². The van der Waals surface area contributed by atoms with Crippen molar-refractivity contribution in [1.82, 2.24) is 14.8 Å². The van der Waals surface area contributed by atoms with Crippen molar-refractivity contribution in [1.29, 1.82) is 0 Å². The van der Waals surface area contributed by atoms with Gasteiger partial charge in [0.1, 0.15) is 5.82 Å². The highest BCUT2D eigenvalue weighted by Gasteiger charge is 2.47. The predicted molar refractivity (Wildman–Crippen MR) is 123 cm³/mol. The molecule has 3 aromatic rings. The average Bonchev–Trinajstić information content (AvgIpc) is 3.24. The zero-order valence-electron chi connectivity index (χ0n) is 18.3. The fraction of sp³-hybridized carbons (Fsp3) is 0.296. The Balaban J connectivity index is 1.40. The number of halogens is 1. The molecule has 2 fully saturated rings. The SMILES string of the molecule is O=C(Cc1ccccn1)N1CC[C@H]2[C@@H](C1)[C@H](c1ccc(F)cc1)CN2C(=O)c1ccccc1. The molecule has 168 valence electrons. The monoisotopic (exact) mass is 443 g/mol. The molecule has 2 aliphatic heterocycles. The first-order valence-electron chi connectivity index (χ1n) is 11.4. The van der Waals surface area contributed by atoms with Gasteiger partial charge in [-0.05, 0) is 48.4 Å². The molecule has 1 aromatic heterocycles. The van der Waals surface area contributed by atoms with Crippen LogP contribution in [0.2, 0.25) is 0 Å². The van der Waals surface area contributed by atoms with Crippen LogP contribution in [0.5, 0.6) is 0 Å². The van der Waals surface area contributed by atoms with Crippen molar-refractivity contribution in [3.63, 3.8) is 0 Å². The summed E-state index contributed by atoms with van der Waals surface area (Å²) in [7, 11) is 0. The number of fused-ring (bicyclic) bond motifs is 1. The fourth-order valence-corrected chi connectivity index (χ4v) is 5.27. The van der Waals surface area contributed by atoms with Crippen LogP contribution in [0.1, 0.15) is 34.0 Å². The Labute approximate surface area is 192 Å². The normalized spacial score (nSPS) is 22.2. The maximum Gasteiger partial charge on any atom is 0.254 e. The second-order valence-electron chi connectivity index (χ2n) is 8.84. The lowest BCUT2D eigenvalue weighted by Crippen LogP contribution is -2.50. The summed E-state index contributed by atoms with van der Waals surface area (Å²) in [6.07, 6.45) is 2.70. The second kappa shape index (κ2) is 9.14. The van der Waals surface area contributed by atoms with Crippen molar-refractivity contribution in [2.45, 2.75) is 24.8 Å². The number of nitrogens with zero attached hydrogens (tertiary/aromatic N) is 3. The van der Waals surface area contributed by atoms with Crippen molar-refractivity contribution < 1.29 is 14.0 Å². The van der Waals surface area contributed by atoms with Gasteiger partial charge < -0.3 is 9.80 Å². The van der Waals surface area contributed by atoms with Gasteiger partial charge in [-0.25, -0.2) is 4.39 Å². The van der Waals surface area contributed by atoms with Gasteiger partial charge in [0.15, 0.2) is 0 Å². The molecule has 2 amide bonds. The summed E-state index contributed by atoms with van der Waals surface area (Å²) in [5.41, 5.74) is 2.44. The van der Waals surface area contributed by atoms with Gasteiger partial charge in [0.25, 0.3) is 5.91 Å². The van der Waals surface area contributed by atoms with Crippen LogP contribution in [0.4, 0.5) is 4.39 Å². The molecule has 6 heteroatoms. The lowest BCUT2D eigenvalue weighted by molar-refractivity contribution is -0.132. The first-order valence-corrected chi connectivity index (χ1v) is 11.4. The zero-order chi connectivity index (χ0) is 22.8. The highest BCUT2D eigenvalue weighted by Crippen LogP contribution is 2.42. The Kier molecular flexibility index (Phi) is 5.90. The van der Waals surface area contributed by atoms with Crippen LogP contribution in [-0.4, -0.2) is 52.3 Å². The lowest BCUT2D eigenvalue weighted by atomic mass is 9.81. The summed E-state index contributed by atoms with van der Waals surface area (Å²) in [5, 5.41) is 0. The Morgan fingerprint density at radius 3 is 2.42 bits per heavy atom. The van der Waals surface area contributed by atoms with Gasteiger partial charge in [-0.1, -0.05) is 36.4 Å². The van der Waals surface area contributed by atoms with Crippen LogP contribution >= 0.6 is 0 Å². The quantitative estimate of drug-likeness (QED) is 0.614. The Morgan fingerprint density at radius 2 is 1.70 bits per heavy atom. The third kappa shape index (κ3) is 4.38. The zero-order valence-corrected chi connectivity index (χ0v) is 18.3. The van der Waals surface area contributed by atoms with Gasteiger partial charge >= 0.3 is 0 Å². The molecule has 0 aliphatic carbocycles. The third-order valence-electron chi connectivity index (χ3n) is 6.92. The second-order valence-corrected chi connectivity index (χ2v) is 8.84. The van der Waals surface area contributed by atoms with Gasteiger partial charge in [-0.15, -0.1) is 0 Å². The van der Waals surface area contributed by atoms with E-state index in [4.69, 9.17) is 0 Å². The first-order chi connectivity index (χ1) is 16.1. The molecule has 0 radical (unpaired) electrons. The van der Waals surface area contributed by atoms with E-state index >= 15 is 0 Å². The van der Waals surface area contributed by atoms with Crippen LogP contribution in [0.3, 0.4) is 0 Å². The molecule has 33 heavy (non-hydrogen) atoms. The summed E-state index contributed by atoms with van der Waals surface area (Å²) >= 11 is 0. The number of pyridine rings is 1. The number of piperidine rings is 1. The first kappa shape index (κ1) is 21.3. The minimum absolute atomic E-state index is 0.0171. The van der Waals surface area contributed by atoms with E-state index in [1.165, 1.54) is 12.1 Å². The smallest absolute Gasteiger partial charge is 0.254 e. The van der Waals surface area contributed by atoms with E-state index in [0.717, 1.165) is 17.7 Å². The molecule has 0 spiro atoms. The number of likely N-dealkylation sites (tertiary alicyclic amines) is 2. The summed E-state index contributed by atoms with van der Waals surface area (Å²) in [6, 6.07) is 21.5. The molecule has 3 atom stereocenters. The number of hydrogen-bond acceptors (Lipinski definition) is 3. The Hall–Kier alpha value is -3.54. The van der Waals surface area contributed by atoms with Gasteiger partial charge in [-0.3, -0.25) is 14.6 Å². The molecule has 2 aliphatic rings. The molecule has 0 unspecified atom stereocenters. The number of rotatable bonds is 4. The topological polar surface area (TPSA) is 53.5 Å². The maximum atomic E-state index is 13.6. The summed E-state index contributed by atoms with van der Waals surface area (Å²) < 4.78 is 13.6. The van der Waals surface area contributed by atoms with Crippen molar-refractivity contribution >= 4 is 11.8 Å². The van der Waals surface area contributed by atoms with Gasteiger partial charge in [-0.2, -0.15) is 0 Å². The van der Waals surface area contributed by atoms with Gasteiger partial charge in [0.05, 0.1) is 6.42 Å². The van der Waals surface area contributed by atoms with Crippen LogP contribution in [0, 0.1) is 11.7 Å². The Morgan fingerprint density at radius 1 is 0.939 bits per heavy atom. The molecule has 2 saturated heterocycles. The van der Waals surface area contributed by atoms with E-state index in [2.05, 4.69) is 4.98 Å². The lowest BCUT2D eigenvalue weighted by Gasteiger charge is -2.39. The average molecular weight is 444 g/mol. The minimum Gasteiger partial charge on any atom is -0.342 e. The van der Waals surface area contributed by atoms with Crippen LogP contribution < -0.4 is 0 Å². The predicted octanol–water partition coefficient (Wildman–Crippen LogP) is 3.92. The minimum atomic E-state index is -0.277. The summed E-state index contributed by atoms with van der Waals surface area (Å²) in [4.78, 5) is 34.6. The Bertz CT molecular complexity index is 1120. The van der Waals surface area contributed by atoms with E-state index < -0.39 is 0 Å². The number of amides is 2. The van der Waals surface area contributed by atoms with Crippen molar-refractivity contribution in [2.24, 2.45) is 5.92 Å². The number of carbonyl (C=O) groups is 2. The van der Waals surface area contributed by atoms with Crippen LogP contribution in [-0.2, 0) is 11.2 Å². The molecule has 0 N–H and O–H groups in total. The molecule has 5 nitrogen and oxygen atoms in total. The molecular formula is C27H26FN3O2. The van der Waals surface area contributed by atoms with Crippen molar-refractivity contribution in [2.75, 3.05) is 19.6 Å². The number of aromatic nitrogens is 1. The van der Waals surface area contributed by atoms with Crippen LogP contribution in [0.25, 0.3) is 0 Å². The highest BCUT2D eigenvalue weighted by molar-refractivity contribution is 5.94.